The Balaban J connectivity index is 2.18. The van der Waals surface area contributed by atoms with Gasteiger partial charge in [0.25, 0.3) is 5.91 Å². The number of carbonyl (C=O) groups is 2. The van der Waals surface area contributed by atoms with Crippen molar-refractivity contribution in [2.45, 2.75) is 33.4 Å². The third-order valence-corrected chi connectivity index (χ3v) is 4.14. The molecule has 0 aliphatic heterocycles. The van der Waals surface area contributed by atoms with Gasteiger partial charge in [0.05, 0.1) is 11.3 Å². The summed E-state index contributed by atoms with van der Waals surface area (Å²) < 4.78 is 38.3. The van der Waals surface area contributed by atoms with Crippen molar-refractivity contribution in [3.63, 3.8) is 0 Å². The summed E-state index contributed by atoms with van der Waals surface area (Å²) in [5.74, 6) is -0.908. The zero-order chi connectivity index (χ0) is 20.9. The Kier molecular flexibility index (Phi) is 6.77. The van der Waals surface area contributed by atoms with E-state index in [0.29, 0.717) is 18.7 Å². The molecule has 150 valence electrons. The van der Waals surface area contributed by atoms with Crippen LogP contribution in [0.3, 0.4) is 0 Å². The highest BCUT2D eigenvalue weighted by molar-refractivity contribution is 6.00. The number of halogens is 3. The molecule has 0 spiro atoms. The Morgan fingerprint density at radius 3 is 2.36 bits per heavy atom. The zero-order valence-corrected chi connectivity index (χ0v) is 15.9. The summed E-state index contributed by atoms with van der Waals surface area (Å²) in [6, 6.07) is 9.12. The molecule has 0 aliphatic rings. The Labute approximate surface area is 161 Å². The third-order valence-electron chi connectivity index (χ3n) is 4.14. The Morgan fingerprint density at radius 2 is 1.79 bits per heavy atom. The SMILES string of the molecule is CCCN(CC(=O)Nc1ccccc1C)C(=O)c1ccc(C(F)(F)F)nc1C. The third kappa shape index (κ3) is 5.31. The molecule has 2 rings (SSSR count). The van der Waals surface area contributed by atoms with Crippen LogP contribution in [0.1, 0.15) is 40.7 Å². The highest BCUT2D eigenvalue weighted by Gasteiger charge is 2.33. The fourth-order valence-corrected chi connectivity index (χ4v) is 2.71. The smallest absolute Gasteiger partial charge is 0.329 e. The molecule has 1 aromatic carbocycles. The lowest BCUT2D eigenvalue weighted by atomic mass is 10.1. The van der Waals surface area contributed by atoms with E-state index >= 15 is 0 Å². The molecular formula is C20H22F3N3O2. The normalized spacial score (nSPS) is 11.2. The molecule has 0 fully saturated rings. The monoisotopic (exact) mass is 393 g/mol. The zero-order valence-electron chi connectivity index (χ0n) is 15.9. The van der Waals surface area contributed by atoms with E-state index in [0.717, 1.165) is 17.7 Å². The molecule has 2 amide bonds. The molecule has 0 saturated heterocycles. The lowest BCUT2D eigenvalue weighted by molar-refractivity contribution is -0.141. The maximum Gasteiger partial charge on any atom is 0.433 e. The second-order valence-electron chi connectivity index (χ2n) is 6.42. The average molecular weight is 393 g/mol. The van der Waals surface area contributed by atoms with Gasteiger partial charge in [-0.05, 0) is 44.0 Å². The van der Waals surface area contributed by atoms with E-state index in [4.69, 9.17) is 0 Å². The number of rotatable bonds is 6. The summed E-state index contributed by atoms with van der Waals surface area (Å²) >= 11 is 0. The summed E-state index contributed by atoms with van der Waals surface area (Å²) in [5.41, 5.74) is 0.488. The molecule has 1 heterocycles. The first-order valence-corrected chi connectivity index (χ1v) is 8.83. The van der Waals surface area contributed by atoms with Crippen LogP contribution in [0.2, 0.25) is 0 Å². The van der Waals surface area contributed by atoms with Gasteiger partial charge in [-0.25, -0.2) is 4.98 Å². The van der Waals surface area contributed by atoms with Gasteiger partial charge in [-0.15, -0.1) is 0 Å². The van der Waals surface area contributed by atoms with Crippen LogP contribution < -0.4 is 5.32 Å². The van der Waals surface area contributed by atoms with E-state index in [1.165, 1.54) is 11.8 Å². The predicted molar refractivity (Wildman–Crippen MR) is 100.0 cm³/mol. The predicted octanol–water partition coefficient (Wildman–Crippen LogP) is 4.21. The van der Waals surface area contributed by atoms with Gasteiger partial charge in [0, 0.05) is 12.2 Å². The molecule has 0 atom stereocenters. The fourth-order valence-electron chi connectivity index (χ4n) is 2.71. The Morgan fingerprint density at radius 1 is 1.11 bits per heavy atom. The van der Waals surface area contributed by atoms with Crippen LogP contribution in [0.4, 0.5) is 18.9 Å². The first-order valence-electron chi connectivity index (χ1n) is 8.83. The van der Waals surface area contributed by atoms with Crippen molar-refractivity contribution in [1.82, 2.24) is 9.88 Å². The second-order valence-corrected chi connectivity index (χ2v) is 6.42. The van der Waals surface area contributed by atoms with Crippen LogP contribution in [-0.4, -0.2) is 34.8 Å². The summed E-state index contributed by atoms with van der Waals surface area (Å²) in [4.78, 5) is 30.0. The van der Waals surface area contributed by atoms with Crippen molar-refractivity contribution < 1.29 is 22.8 Å². The average Bonchev–Trinajstić information content (AvgIpc) is 2.62. The molecular weight excluding hydrogens is 371 g/mol. The molecule has 0 unspecified atom stereocenters. The van der Waals surface area contributed by atoms with Gasteiger partial charge in [-0.3, -0.25) is 9.59 Å². The van der Waals surface area contributed by atoms with Gasteiger partial charge in [0.1, 0.15) is 12.2 Å². The van der Waals surface area contributed by atoms with Gasteiger partial charge in [-0.1, -0.05) is 25.1 Å². The molecule has 0 aliphatic carbocycles. The van der Waals surface area contributed by atoms with Crippen LogP contribution in [0.5, 0.6) is 0 Å². The Bertz CT molecular complexity index is 866. The highest BCUT2D eigenvalue weighted by Crippen LogP contribution is 2.28. The molecule has 28 heavy (non-hydrogen) atoms. The number of pyridine rings is 1. The van der Waals surface area contributed by atoms with Gasteiger partial charge in [0.2, 0.25) is 5.91 Å². The first kappa shape index (κ1) is 21.4. The molecule has 0 radical (unpaired) electrons. The van der Waals surface area contributed by atoms with Crippen LogP contribution in [0, 0.1) is 13.8 Å². The minimum atomic E-state index is -4.58. The van der Waals surface area contributed by atoms with Crippen LogP contribution in [0.25, 0.3) is 0 Å². The number of hydrogen-bond acceptors (Lipinski definition) is 3. The largest absolute Gasteiger partial charge is 0.433 e. The number of benzene rings is 1. The lowest BCUT2D eigenvalue weighted by Crippen LogP contribution is -2.39. The minimum Gasteiger partial charge on any atom is -0.329 e. The van der Waals surface area contributed by atoms with Crippen molar-refractivity contribution >= 4 is 17.5 Å². The van der Waals surface area contributed by atoms with Crippen molar-refractivity contribution in [3.8, 4) is 0 Å². The van der Waals surface area contributed by atoms with E-state index in [9.17, 15) is 22.8 Å². The second kappa shape index (κ2) is 8.86. The number of nitrogens with zero attached hydrogens (tertiary/aromatic N) is 2. The molecule has 2 aromatic rings. The number of alkyl halides is 3. The maximum atomic E-state index is 12.8. The number of nitrogens with one attached hydrogen (secondary N) is 1. The molecule has 0 saturated carbocycles. The van der Waals surface area contributed by atoms with Crippen LogP contribution in [0.15, 0.2) is 36.4 Å². The fraction of sp³-hybridized carbons (Fsp3) is 0.350. The standard InChI is InChI=1S/C20H22F3N3O2/c1-4-11-26(12-18(27)25-16-8-6-5-7-13(16)2)19(28)15-9-10-17(20(21,22)23)24-14(15)3/h5-10H,4,11-12H2,1-3H3,(H,25,27). The van der Waals surface area contributed by atoms with Gasteiger partial charge in [-0.2, -0.15) is 13.2 Å². The van der Waals surface area contributed by atoms with E-state index < -0.39 is 17.8 Å². The molecule has 1 N–H and O–H groups in total. The number of anilines is 1. The molecule has 8 heteroatoms. The van der Waals surface area contributed by atoms with Crippen molar-refractivity contribution in [3.05, 3.63) is 58.9 Å². The quantitative estimate of drug-likeness (QED) is 0.800. The van der Waals surface area contributed by atoms with E-state index in [1.54, 1.807) is 12.1 Å². The van der Waals surface area contributed by atoms with Crippen molar-refractivity contribution in [2.24, 2.45) is 0 Å². The van der Waals surface area contributed by atoms with Crippen molar-refractivity contribution in [1.29, 1.82) is 0 Å². The van der Waals surface area contributed by atoms with Gasteiger partial charge >= 0.3 is 6.18 Å². The highest BCUT2D eigenvalue weighted by atomic mass is 19.4. The van der Waals surface area contributed by atoms with E-state index in [-0.39, 0.29) is 23.7 Å². The summed E-state index contributed by atoms with van der Waals surface area (Å²) in [6.45, 7) is 5.13. The molecule has 1 aromatic heterocycles. The molecule has 0 bridgehead atoms. The summed E-state index contributed by atoms with van der Waals surface area (Å²) in [6.07, 6.45) is -3.99. The van der Waals surface area contributed by atoms with Crippen molar-refractivity contribution in [2.75, 3.05) is 18.4 Å². The van der Waals surface area contributed by atoms with Gasteiger partial charge in [0.15, 0.2) is 0 Å². The number of aryl methyl sites for hydroxylation is 2. The number of amides is 2. The van der Waals surface area contributed by atoms with E-state index in [2.05, 4.69) is 10.3 Å². The van der Waals surface area contributed by atoms with Crippen LogP contribution >= 0.6 is 0 Å². The summed E-state index contributed by atoms with van der Waals surface area (Å²) in [7, 11) is 0. The Hall–Kier alpha value is -2.90. The number of carbonyl (C=O) groups excluding carboxylic acids is 2. The first-order chi connectivity index (χ1) is 13.1. The number of aromatic nitrogens is 1. The summed E-state index contributed by atoms with van der Waals surface area (Å²) in [5, 5.41) is 2.75. The van der Waals surface area contributed by atoms with Gasteiger partial charge < -0.3 is 10.2 Å². The van der Waals surface area contributed by atoms with E-state index in [1.807, 2.05) is 26.0 Å². The topological polar surface area (TPSA) is 62.3 Å². The molecule has 5 nitrogen and oxygen atoms in total. The number of para-hydroxylation sites is 1. The number of hydrogen-bond donors (Lipinski definition) is 1. The van der Waals surface area contributed by atoms with Crippen LogP contribution in [-0.2, 0) is 11.0 Å². The maximum absolute atomic E-state index is 12.8. The minimum absolute atomic E-state index is 0.0276. The lowest BCUT2D eigenvalue weighted by Gasteiger charge is -2.23.